The first-order valence-electron chi connectivity index (χ1n) is 8.93. The number of Topliss-reactive ketones (excluding diaryl/α,β-unsaturated/α-hetero) is 1. The number of esters is 1. The van der Waals surface area contributed by atoms with Gasteiger partial charge in [0.15, 0.2) is 18.1 Å². The summed E-state index contributed by atoms with van der Waals surface area (Å²) in [7, 11) is 0. The Balaban J connectivity index is 1.62. The van der Waals surface area contributed by atoms with Gasteiger partial charge < -0.3 is 18.8 Å². The van der Waals surface area contributed by atoms with Crippen LogP contribution in [-0.2, 0) is 9.53 Å². The number of nitrogens with zero attached hydrogens (tertiary/aromatic N) is 1. The maximum Gasteiger partial charge on any atom is 0.331 e. The van der Waals surface area contributed by atoms with Crippen LogP contribution in [0.2, 0.25) is 5.02 Å². The van der Waals surface area contributed by atoms with Crippen LogP contribution >= 0.6 is 11.6 Å². The molecule has 1 aliphatic heterocycles. The molecule has 0 unspecified atom stereocenters. The van der Waals surface area contributed by atoms with Gasteiger partial charge in [0.2, 0.25) is 12.6 Å². The van der Waals surface area contributed by atoms with E-state index in [0.717, 1.165) is 11.4 Å². The Hall–Kier alpha value is -2.73. The standard InChI is InChI=1S/C21H22ClNO5/c1-12(2)23-13(3)7-16(14(23)4)18(24)10-26-20(25)6-5-15-8-17(22)21-19(9-15)27-11-28-21/h5-9,12H,10-11H2,1-4H3/b6-5+. The molecule has 0 fully saturated rings. The number of carbonyl (C=O) groups is 2. The second-order valence-electron chi connectivity index (χ2n) is 6.85. The number of carbonyl (C=O) groups excluding carboxylic acids is 2. The quantitative estimate of drug-likeness (QED) is 0.403. The monoisotopic (exact) mass is 403 g/mol. The molecule has 0 N–H and O–H groups in total. The van der Waals surface area contributed by atoms with Crippen LogP contribution in [0.4, 0.5) is 0 Å². The van der Waals surface area contributed by atoms with Crippen LogP contribution in [-0.4, -0.2) is 29.7 Å². The highest BCUT2D eigenvalue weighted by molar-refractivity contribution is 6.32. The average Bonchev–Trinajstić information content (AvgIpc) is 3.22. The van der Waals surface area contributed by atoms with Crippen LogP contribution in [0.3, 0.4) is 0 Å². The molecule has 3 rings (SSSR count). The maximum absolute atomic E-state index is 12.4. The first kappa shape index (κ1) is 20.0. The Labute approximate surface area is 168 Å². The van der Waals surface area contributed by atoms with E-state index in [0.29, 0.717) is 27.6 Å². The number of fused-ring (bicyclic) bond motifs is 1. The second-order valence-corrected chi connectivity index (χ2v) is 7.26. The summed E-state index contributed by atoms with van der Waals surface area (Å²) in [5.41, 5.74) is 3.12. The van der Waals surface area contributed by atoms with Crippen molar-refractivity contribution in [1.29, 1.82) is 0 Å². The maximum atomic E-state index is 12.4. The topological polar surface area (TPSA) is 66.8 Å². The van der Waals surface area contributed by atoms with E-state index in [1.54, 1.807) is 18.2 Å². The van der Waals surface area contributed by atoms with E-state index in [4.69, 9.17) is 25.8 Å². The van der Waals surface area contributed by atoms with E-state index >= 15 is 0 Å². The van der Waals surface area contributed by atoms with E-state index < -0.39 is 5.97 Å². The SMILES string of the molecule is Cc1cc(C(=O)COC(=O)/C=C/c2cc(Cl)c3c(c2)OCO3)c(C)n1C(C)C. The molecule has 28 heavy (non-hydrogen) atoms. The van der Waals surface area contributed by atoms with Crippen molar-refractivity contribution in [3.05, 3.63) is 51.8 Å². The minimum absolute atomic E-state index is 0.115. The Morgan fingerprint density at radius 2 is 2.00 bits per heavy atom. The van der Waals surface area contributed by atoms with E-state index in [2.05, 4.69) is 18.4 Å². The molecule has 6 nitrogen and oxygen atoms in total. The summed E-state index contributed by atoms with van der Waals surface area (Å²) in [6.45, 7) is 7.76. The largest absolute Gasteiger partial charge is 0.454 e. The zero-order chi connectivity index (χ0) is 20.4. The van der Waals surface area contributed by atoms with E-state index in [9.17, 15) is 9.59 Å². The first-order valence-corrected chi connectivity index (χ1v) is 9.31. The summed E-state index contributed by atoms with van der Waals surface area (Å²) in [6.07, 6.45) is 2.80. The molecule has 2 aromatic rings. The zero-order valence-corrected chi connectivity index (χ0v) is 17.0. The Bertz CT molecular complexity index is 958. The molecule has 0 saturated heterocycles. The predicted molar refractivity (Wildman–Crippen MR) is 106 cm³/mol. The predicted octanol–water partition coefficient (Wildman–Crippen LogP) is 4.51. The lowest BCUT2D eigenvalue weighted by atomic mass is 10.1. The molecule has 2 heterocycles. The summed E-state index contributed by atoms with van der Waals surface area (Å²) in [4.78, 5) is 24.4. The van der Waals surface area contributed by atoms with Crippen LogP contribution in [0.5, 0.6) is 11.5 Å². The Morgan fingerprint density at radius 3 is 2.68 bits per heavy atom. The fraction of sp³-hybridized carbons (Fsp3) is 0.333. The van der Waals surface area contributed by atoms with Gasteiger partial charge in [-0.25, -0.2) is 4.79 Å². The number of aryl methyl sites for hydroxylation is 1. The van der Waals surface area contributed by atoms with Crippen molar-refractivity contribution >= 4 is 29.4 Å². The fourth-order valence-corrected chi connectivity index (χ4v) is 3.64. The number of benzene rings is 1. The number of rotatable bonds is 6. The summed E-state index contributed by atoms with van der Waals surface area (Å²) in [6, 6.07) is 5.45. The van der Waals surface area contributed by atoms with Crippen molar-refractivity contribution in [2.75, 3.05) is 13.4 Å². The van der Waals surface area contributed by atoms with Gasteiger partial charge in [-0.1, -0.05) is 11.6 Å². The highest BCUT2D eigenvalue weighted by Crippen LogP contribution is 2.40. The zero-order valence-electron chi connectivity index (χ0n) is 16.2. The lowest BCUT2D eigenvalue weighted by Gasteiger charge is -2.13. The van der Waals surface area contributed by atoms with Crippen LogP contribution in [0.1, 0.15) is 47.2 Å². The van der Waals surface area contributed by atoms with Gasteiger partial charge in [0, 0.05) is 29.1 Å². The molecule has 0 spiro atoms. The summed E-state index contributed by atoms with van der Waals surface area (Å²) in [5, 5.41) is 0.402. The molecule has 0 saturated carbocycles. The van der Waals surface area contributed by atoms with Gasteiger partial charge in [-0.05, 0) is 57.5 Å². The minimum atomic E-state index is -0.611. The summed E-state index contributed by atoms with van der Waals surface area (Å²) >= 11 is 6.11. The molecule has 0 bridgehead atoms. The van der Waals surface area contributed by atoms with E-state index in [1.165, 1.54) is 6.08 Å². The summed E-state index contributed by atoms with van der Waals surface area (Å²) < 4.78 is 17.7. The van der Waals surface area contributed by atoms with Crippen molar-refractivity contribution in [3.63, 3.8) is 0 Å². The lowest BCUT2D eigenvalue weighted by Crippen LogP contribution is -2.14. The number of ketones is 1. The molecule has 0 atom stereocenters. The minimum Gasteiger partial charge on any atom is -0.454 e. The molecule has 0 amide bonds. The highest BCUT2D eigenvalue weighted by atomic mass is 35.5. The lowest BCUT2D eigenvalue weighted by molar-refractivity contribution is -0.136. The van der Waals surface area contributed by atoms with Crippen molar-refractivity contribution in [2.24, 2.45) is 0 Å². The second kappa shape index (κ2) is 8.10. The number of aromatic nitrogens is 1. The van der Waals surface area contributed by atoms with Crippen LogP contribution in [0.25, 0.3) is 6.08 Å². The van der Waals surface area contributed by atoms with Gasteiger partial charge in [-0.2, -0.15) is 0 Å². The van der Waals surface area contributed by atoms with Gasteiger partial charge in [0.25, 0.3) is 0 Å². The van der Waals surface area contributed by atoms with Crippen LogP contribution in [0, 0.1) is 13.8 Å². The molecular formula is C21H22ClNO5. The smallest absolute Gasteiger partial charge is 0.331 e. The number of hydrogen-bond acceptors (Lipinski definition) is 5. The summed E-state index contributed by atoms with van der Waals surface area (Å²) in [5.74, 6) is 0.176. The van der Waals surface area contributed by atoms with Gasteiger partial charge in [0.05, 0.1) is 5.02 Å². The number of halogens is 1. The molecular weight excluding hydrogens is 382 g/mol. The molecule has 0 aliphatic carbocycles. The molecule has 148 valence electrons. The number of hydrogen-bond donors (Lipinski definition) is 0. The Kier molecular flexibility index (Phi) is 5.79. The normalized spacial score (nSPS) is 12.8. The average molecular weight is 404 g/mol. The van der Waals surface area contributed by atoms with Crippen molar-refractivity contribution in [1.82, 2.24) is 4.57 Å². The fourth-order valence-electron chi connectivity index (χ4n) is 3.36. The van der Waals surface area contributed by atoms with Crippen molar-refractivity contribution in [3.8, 4) is 11.5 Å². The molecule has 1 aromatic heterocycles. The van der Waals surface area contributed by atoms with Gasteiger partial charge in [-0.3, -0.25) is 4.79 Å². The van der Waals surface area contributed by atoms with Crippen LogP contribution < -0.4 is 9.47 Å². The number of ether oxygens (including phenoxy) is 3. The van der Waals surface area contributed by atoms with E-state index in [-0.39, 0.29) is 25.2 Å². The highest BCUT2D eigenvalue weighted by Gasteiger charge is 2.19. The first-order chi connectivity index (χ1) is 13.3. The molecule has 7 heteroatoms. The van der Waals surface area contributed by atoms with Gasteiger partial charge in [-0.15, -0.1) is 0 Å². The third-order valence-electron chi connectivity index (χ3n) is 4.51. The van der Waals surface area contributed by atoms with Crippen LogP contribution in [0.15, 0.2) is 24.3 Å². The Morgan fingerprint density at radius 1 is 1.25 bits per heavy atom. The third kappa shape index (κ3) is 4.07. The van der Waals surface area contributed by atoms with E-state index in [1.807, 2.05) is 19.9 Å². The van der Waals surface area contributed by atoms with Crippen molar-refractivity contribution < 1.29 is 23.8 Å². The van der Waals surface area contributed by atoms with Gasteiger partial charge in [0.1, 0.15) is 0 Å². The molecule has 0 radical (unpaired) electrons. The third-order valence-corrected chi connectivity index (χ3v) is 4.79. The molecule has 1 aromatic carbocycles. The van der Waals surface area contributed by atoms with Gasteiger partial charge >= 0.3 is 5.97 Å². The van der Waals surface area contributed by atoms with Crippen molar-refractivity contribution in [2.45, 2.75) is 33.7 Å². The molecule has 1 aliphatic rings.